The molecule has 1 aromatic carbocycles. The second kappa shape index (κ2) is 6.71. The molecule has 0 saturated carbocycles. The minimum Gasteiger partial charge on any atom is -0.351 e. The van der Waals surface area contributed by atoms with Crippen LogP contribution in [0.3, 0.4) is 0 Å². The number of aromatic nitrogens is 1. The molecule has 3 rings (SSSR count). The van der Waals surface area contributed by atoms with E-state index in [4.69, 9.17) is 0 Å². The second-order valence-corrected chi connectivity index (χ2v) is 5.85. The predicted molar refractivity (Wildman–Crippen MR) is 86.6 cm³/mol. The van der Waals surface area contributed by atoms with E-state index < -0.39 is 0 Å². The van der Waals surface area contributed by atoms with Crippen molar-refractivity contribution in [2.75, 3.05) is 20.1 Å². The molecular weight excluding hydrogens is 274 g/mol. The van der Waals surface area contributed by atoms with E-state index >= 15 is 0 Å². The van der Waals surface area contributed by atoms with Crippen molar-refractivity contribution < 1.29 is 4.79 Å². The number of hydrogen-bond acceptors (Lipinski definition) is 3. The van der Waals surface area contributed by atoms with Crippen molar-refractivity contribution in [1.29, 1.82) is 0 Å². The van der Waals surface area contributed by atoms with E-state index in [-0.39, 0.29) is 17.9 Å². The van der Waals surface area contributed by atoms with E-state index in [2.05, 4.69) is 22.2 Å². The molecule has 0 radical (unpaired) electrons. The third-order valence-corrected chi connectivity index (χ3v) is 4.12. The molecule has 0 aliphatic carbocycles. The number of likely N-dealkylation sites (tertiary alicyclic amines) is 1. The van der Waals surface area contributed by atoms with E-state index in [0.717, 1.165) is 30.8 Å². The van der Waals surface area contributed by atoms with Gasteiger partial charge < -0.3 is 10.2 Å². The first-order valence-electron chi connectivity index (χ1n) is 7.69. The maximum atomic E-state index is 12.8. The summed E-state index contributed by atoms with van der Waals surface area (Å²) in [6.45, 7) is 1.94. The Morgan fingerprint density at radius 2 is 2.00 bits per heavy atom. The summed E-state index contributed by atoms with van der Waals surface area (Å²) in [5, 5.41) is 3.19. The minimum atomic E-state index is -0.353. The Kier molecular flexibility index (Phi) is 4.49. The lowest BCUT2D eigenvalue weighted by Gasteiger charge is -2.20. The standard InChI is InChI=1S/C18H21N3O/c1-21-12-10-15(13-21)20-18(22)17(14-7-3-2-4-8-14)16-9-5-6-11-19-16/h2-9,11,15,17H,10,12-13H2,1H3,(H,20,22). The highest BCUT2D eigenvalue weighted by atomic mass is 16.2. The highest BCUT2D eigenvalue weighted by Crippen LogP contribution is 2.23. The number of rotatable bonds is 4. The number of likely N-dealkylation sites (N-methyl/N-ethyl adjacent to an activating group) is 1. The van der Waals surface area contributed by atoms with Crippen LogP contribution in [0.15, 0.2) is 54.7 Å². The largest absolute Gasteiger partial charge is 0.351 e. The molecule has 1 saturated heterocycles. The topological polar surface area (TPSA) is 45.2 Å². The SMILES string of the molecule is CN1CCC(NC(=O)C(c2ccccc2)c2ccccn2)C1. The third kappa shape index (κ3) is 3.34. The van der Waals surface area contributed by atoms with Gasteiger partial charge in [0.1, 0.15) is 5.92 Å². The lowest BCUT2D eigenvalue weighted by atomic mass is 9.94. The summed E-state index contributed by atoms with van der Waals surface area (Å²) in [5.41, 5.74) is 1.77. The zero-order valence-electron chi connectivity index (χ0n) is 12.8. The minimum absolute atomic E-state index is 0.0326. The van der Waals surface area contributed by atoms with Crippen molar-refractivity contribution in [2.45, 2.75) is 18.4 Å². The van der Waals surface area contributed by atoms with Gasteiger partial charge in [0.15, 0.2) is 0 Å². The van der Waals surface area contributed by atoms with Gasteiger partial charge >= 0.3 is 0 Å². The number of carbonyl (C=O) groups is 1. The molecule has 22 heavy (non-hydrogen) atoms. The number of pyridine rings is 1. The number of benzene rings is 1. The molecule has 0 bridgehead atoms. The van der Waals surface area contributed by atoms with Crippen molar-refractivity contribution in [3.05, 3.63) is 66.0 Å². The molecule has 114 valence electrons. The molecule has 2 aromatic rings. The van der Waals surface area contributed by atoms with Crippen LogP contribution in [0.25, 0.3) is 0 Å². The van der Waals surface area contributed by atoms with Crippen molar-refractivity contribution in [3.63, 3.8) is 0 Å². The lowest BCUT2D eigenvalue weighted by Crippen LogP contribution is -2.40. The average Bonchev–Trinajstić information content (AvgIpc) is 2.95. The summed E-state index contributed by atoms with van der Waals surface area (Å²) in [4.78, 5) is 19.5. The van der Waals surface area contributed by atoms with E-state index in [9.17, 15) is 4.79 Å². The van der Waals surface area contributed by atoms with Crippen LogP contribution in [0, 0.1) is 0 Å². The molecule has 0 spiro atoms. The van der Waals surface area contributed by atoms with Gasteiger partial charge in [-0.3, -0.25) is 9.78 Å². The first kappa shape index (κ1) is 14.7. The average molecular weight is 295 g/mol. The molecule has 4 nitrogen and oxygen atoms in total. The summed E-state index contributed by atoms with van der Waals surface area (Å²) in [5.74, 6) is -0.321. The monoisotopic (exact) mass is 295 g/mol. The molecule has 1 amide bonds. The van der Waals surface area contributed by atoms with Gasteiger partial charge in [-0.05, 0) is 37.7 Å². The van der Waals surface area contributed by atoms with Gasteiger partial charge in [-0.1, -0.05) is 36.4 Å². The molecule has 2 atom stereocenters. The van der Waals surface area contributed by atoms with Crippen molar-refractivity contribution >= 4 is 5.91 Å². The van der Waals surface area contributed by atoms with Gasteiger partial charge in [0.05, 0.1) is 5.69 Å². The molecule has 1 aliphatic rings. The fourth-order valence-corrected chi connectivity index (χ4v) is 2.99. The van der Waals surface area contributed by atoms with Gasteiger partial charge in [-0.2, -0.15) is 0 Å². The van der Waals surface area contributed by atoms with Gasteiger partial charge in [0.2, 0.25) is 5.91 Å². The molecule has 1 aromatic heterocycles. The van der Waals surface area contributed by atoms with Gasteiger partial charge in [-0.15, -0.1) is 0 Å². The molecule has 1 N–H and O–H groups in total. The quantitative estimate of drug-likeness (QED) is 0.939. The summed E-state index contributed by atoms with van der Waals surface area (Å²) >= 11 is 0. The maximum absolute atomic E-state index is 12.8. The van der Waals surface area contributed by atoms with E-state index in [1.165, 1.54) is 0 Å². The molecule has 1 fully saturated rings. The highest BCUT2D eigenvalue weighted by Gasteiger charge is 2.28. The smallest absolute Gasteiger partial charge is 0.233 e. The Morgan fingerprint density at radius 3 is 2.64 bits per heavy atom. The van der Waals surface area contributed by atoms with Crippen LogP contribution in [0.1, 0.15) is 23.6 Å². The Labute approximate surface area is 131 Å². The summed E-state index contributed by atoms with van der Waals surface area (Å²) in [6, 6.07) is 15.8. The summed E-state index contributed by atoms with van der Waals surface area (Å²) < 4.78 is 0. The summed E-state index contributed by atoms with van der Waals surface area (Å²) in [6.07, 6.45) is 2.74. The van der Waals surface area contributed by atoms with Crippen LogP contribution < -0.4 is 5.32 Å². The molecular formula is C18H21N3O. The highest BCUT2D eigenvalue weighted by molar-refractivity contribution is 5.86. The maximum Gasteiger partial charge on any atom is 0.233 e. The number of amides is 1. The first-order valence-corrected chi connectivity index (χ1v) is 7.69. The Bertz CT molecular complexity index is 575. The number of nitrogens with one attached hydrogen (secondary N) is 1. The van der Waals surface area contributed by atoms with Crippen molar-refractivity contribution in [3.8, 4) is 0 Å². The van der Waals surface area contributed by atoms with E-state index in [1.54, 1.807) is 6.20 Å². The molecule has 4 heteroatoms. The predicted octanol–water partition coefficient (Wildman–Crippen LogP) is 2.03. The molecule has 1 aliphatic heterocycles. The first-order chi connectivity index (χ1) is 10.7. The summed E-state index contributed by atoms with van der Waals surface area (Å²) in [7, 11) is 2.08. The number of hydrogen-bond donors (Lipinski definition) is 1. The van der Waals surface area contributed by atoms with Crippen molar-refractivity contribution in [2.24, 2.45) is 0 Å². The Hall–Kier alpha value is -2.20. The van der Waals surface area contributed by atoms with Crippen LogP contribution >= 0.6 is 0 Å². The van der Waals surface area contributed by atoms with Crippen LogP contribution in [-0.2, 0) is 4.79 Å². The van der Waals surface area contributed by atoms with E-state index in [1.807, 2.05) is 48.5 Å². The van der Waals surface area contributed by atoms with Gasteiger partial charge in [0.25, 0.3) is 0 Å². The van der Waals surface area contributed by atoms with Crippen LogP contribution in [0.5, 0.6) is 0 Å². The van der Waals surface area contributed by atoms with E-state index in [0.29, 0.717) is 0 Å². The van der Waals surface area contributed by atoms with Crippen LogP contribution in [0.4, 0.5) is 0 Å². The fourth-order valence-electron chi connectivity index (χ4n) is 2.99. The Balaban J connectivity index is 1.84. The number of nitrogens with zero attached hydrogens (tertiary/aromatic N) is 2. The number of carbonyl (C=O) groups excluding carboxylic acids is 1. The van der Waals surface area contributed by atoms with Crippen LogP contribution in [0.2, 0.25) is 0 Å². The van der Waals surface area contributed by atoms with Crippen LogP contribution in [-0.4, -0.2) is 42.0 Å². The normalized spacial score (nSPS) is 19.8. The van der Waals surface area contributed by atoms with Gasteiger partial charge in [-0.25, -0.2) is 0 Å². The zero-order valence-corrected chi connectivity index (χ0v) is 12.8. The molecule has 2 unspecified atom stereocenters. The fraction of sp³-hybridized carbons (Fsp3) is 0.333. The van der Waals surface area contributed by atoms with Gasteiger partial charge in [0, 0.05) is 18.8 Å². The molecule has 2 heterocycles. The zero-order chi connectivity index (χ0) is 15.4. The lowest BCUT2D eigenvalue weighted by molar-refractivity contribution is -0.122. The third-order valence-electron chi connectivity index (χ3n) is 4.12. The second-order valence-electron chi connectivity index (χ2n) is 5.85. The Morgan fingerprint density at radius 1 is 1.23 bits per heavy atom. The van der Waals surface area contributed by atoms with Crippen molar-refractivity contribution in [1.82, 2.24) is 15.2 Å².